The zero-order valence-corrected chi connectivity index (χ0v) is 17.3. The van der Waals surface area contributed by atoms with Crippen LogP contribution in [0.5, 0.6) is 5.75 Å². The second kappa shape index (κ2) is 7.65. The van der Waals surface area contributed by atoms with Gasteiger partial charge in [0.15, 0.2) is 0 Å². The molecule has 0 fully saturated rings. The molecule has 30 heavy (non-hydrogen) atoms. The van der Waals surface area contributed by atoms with Gasteiger partial charge in [0.05, 0.1) is 17.7 Å². The summed E-state index contributed by atoms with van der Waals surface area (Å²) in [5, 5.41) is 4.07. The Morgan fingerprint density at radius 2 is 1.70 bits per heavy atom. The summed E-state index contributed by atoms with van der Waals surface area (Å²) in [5.74, 6) is -0.404. The highest BCUT2D eigenvalue weighted by molar-refractivity contribution is 7.86. The van der Waals surface area contributed by atoms with Gasteiger partial charge in [-0.05, 0) is 42.3 Å². The average Bonchev–Trinajstić information content (AvgIpc) is 2.65. The van der Waals surface area contributed by atoms with E-state index in [1.54, 1.807) is 0 Å². The Kier molecular flexibility index (Phi) is 5.52. The standard InChI is InChI=1S/C18H16N2O8S2/c1-10-7-14(16(28-2)9-17(10)30(25,26)27)19-20-18-13-5-4-12(29(22,23)24)8-11(13)3-6-15(18)21/h3-9,19H,1-2H3,(H,22,23,24)(H,25,26,27)/b20-18-. The van der Waals surface area contributed by atoms with E-state index in [0.29, 0.717) is 11.1 Å². The molecule has 0 aromatic heterocycles. The first kappa shape index (κ1) is 21.6. The number of hydrazone groups is 1. The van der Waals surface area contributed by atoms with E-state index < -0.39 is 26.0 Å². The molecule has 0 aliphatic heterocycles. The molecule has 0 heterocycles. The van der Waals surface area contributed by atoms with Crippen molar-refractivity contribution in [1.82, 2.24) is 0 Å². The minimum atomic E-state index is -4.46. The summed E-state index contributed by atoms with van der Waals surface area (Å²) >= 11 is 0. The maximum Gasteiger partial charge on any atom is 0.294 e. The number of carbonyl (C=O) groups is 1. The van der Waals surface area contributed by atoms with Gasteiger partial charge in [0.2, 0.25) is 5.78 Å². The molecule has 3 rings (SSSR count). The lowest BCUT2D eigenvalue weighted by molar-refractivity contribution is -0.108. The molecule has 0 unspecified atom stereocenters. The van der Waals surface area contributed by atoms with Crippen molar-refractivity contribution in [2.24, 2.45) is 5.10 Å². The lowest BCUT2D eigenvalue weighted by Gasteiger charge is -2.15. The highest BCUT2D eigenvalue weighted by Crippen LogP contribution is 2.31. The fourth-order valence-electron chi connectivity index (χ4n) is 2.87. The molecular formula is C18H16N2O8S2. The van der Waals surface area contributed by atoms with Gasteiger partial charge in [0.25, 0.3) is 20.2 Å². The highest BCUT2D eigenvalue weighted by atomic mass is 32.2. The van der Waals surface area contributed by atoms with Crippen molar-refractivity contribution in [2.75, 3.05) is 12.5 Å². The Labute approximate surface area is 172 Å². The molecule has 0 bridgehead atoms. The highest BCUT2D eigenvalue weighted by Gasteiger charge is 2.22. The van der Waals surface area contributed by atoms with Gasteiger partial charge in [-0.25, -0.2) is 0 Å². The normalized spacial score (nSPS) is 15.2. The molecule has 2 aromatic carbocycles. The molecule has 0 saturated heterocycles. The van der Waals surface area contributed by atoms with E-state index in [4.69, 9.17) is 4.74 Å². The number of allylic oxidation sites excluding steroid dienone is 1. The number of ether oxygens (including phenoxy) is 1. The van der Waals surface area contributed by atoms with E-state index >= 15 is 0 Å². The molecule has 2 aromatic rings. The van der Waals surface area contributed by atoms with Crippen molar-refractivity contribution in [3.05, 3.63) is 53.1 Å². The largest absolute Gasteiger partial charge is 0.494 e. The Hall–Kier alpha value is -3.06. The minimum Gasteiger partial charge on any atom is -0.494 e. The topological polar surface area (TPSA) is 159 Å². The van der Waals surface area contributed by atoms with Crippen LogP contribution < -0.4 is 10.2 Å². The van der Waals surface area contributed by atoms with Crippen LogP contribution in [0.1, 0.15) is 16.7 Å². The molecule has 12 heteroatoms. The van der Waals surface area contributed by atoms with E-state index in [1.807, 2.05) is 0 Å². The smallest absolute Gasteiger partial charge is 0.294 e. The monoisotopic (exact) mass is 452 g/mol. The minimum absolute atomic E-state index is 0.0343. The zero-order valence-electron chi connectivity index (χ0n) is 15.6. The van der Waals surface area contributed by atoms with Crippen molar-refractivity contribution in [2.45, 2.75) is 16.7 Å². The van der Waals surface area contributed by atoms with Gasteiger partial charge in [-0.3, -0.25) is 19.3 Å². The van der Waals surface area contributed by atoms with E-state index in [1.165, 1.54) is 44.4 Å². The summed E-state index contributed by atoms with van der Waals surface area (Å²) in [6, 6.07) is 6.17. The number of hydrogen-bond acceptors (Lipinski definition) is 8. The number of hydrogen-bond donors (Lipinski definition) is 3. The van der Waals surface area contributed by atoms with E-state index in [-0.39, 0.29) is 32.5 Å². The summed E-state index contributed by atoms with van der Waals surface area (Å²) in [6.07, 6.45) is 2.59. The van der Waals surface area contributed by atoms with Gasteiger partial charge in [0.1, 0.15) is 16.4 Å². The van der Waals surface area contributed by atoms with Gasteiger partial charge in [0, 0.05) is 11.6 Å². The van der Waals surface area contributed by atoms with Crippen LogP contribution in [0.15, 0.2) is 51.3 Å². The fourth-order valence-corrected chi connectivity index (χ4v) is 4.10. The number of anilines is 1. The number of nitrogens with zero attached hydrogens (tertiary/aromatic N) is 1. The maximum absolute atomic E-state index is 12.3. The molecule has 0 spiro atoms. The van der Waals surface area contributed by atoms with Crippen molar-refractivity contribution in [3.63, 3.8) is 0 Å². The Bertz CT molecular complexity index is 1330. The van der Waals surface area contributed by atoms with Gasteiger partial charge < -0.3 is 4.74 Å². The summed E-state index contributed by atoms with van der Waals surface area (Å²) < 4.78 is 69.2. The first-order valence-corrected chi connectivity index (χ1v) is 11.1. The Morgan fingerprint density at radius 1 is 1.00 bits per heavy atom. The van der Waals surface area contributed by atoms with Crippen molar-refractivity contribution >= 4 is 43.5 Å². The number of nitrogens with one attached hydrogen (secondary N) is 1. The molecule has 3 N–H and O–H groups in total. The third kappa shape index (κ3) is 4.26. The fraction of sp³-hybridized carbons (Fsp3) is 0.111. The maximum atomic E-state index is 12.3. The molecule has 0 atom stereocenters. The molecule has 1 aliphatic carbocycles. The molecular weight excluding hydrogens is 436 g/mol. The number of fused-ring (bicyclic) bond motifs is 1. The molecule has 158 valence electrons. The van der Waals surface area contributed by atoms with Crippen LogP contribution in [0.2, 0.25) is 0 Å². The van der Waals surface area contributed by atoms with Crippen LogP contribution in [0.3, 0.4) is 0 Å². The summed E-state index contributed by atoms with van der Waals surface area (Å²) in [5.41, 5.74) is 3.73. The average molecular weight is 452 g/mol. The van der Waals surface area contributed by atoms with E-state index in [2.05, 4.69) is 10.5 Å². The second-order valence-electron chi connectivity index (χ2n) is 6.29. The van der Waals surface area contributed by atoms with Crippen molar-refractivity contribution in [3.8, 4) is 5.75 Å². The van der Waals surface area contributed by atoms with Crippen LogP contribution in [0, 0.1) is 6.92 Å². The second-order valence-corrected chi connectivity index (χ2v) is 9.10. The number of aryl methyl sites for hydroxylation is 1. The van der Waals surface area contributed by atoms with Gasteiger partial charge in [-0.1, -0.05) is 12.1 Å². The molecule has 0 amide bonds. The lowest BCUT2D eigenvalue weighted by atomic mass is 9.95. The quantitative estimate of drug-likeness (QED) is 0.455. The van der Waals surface area contributed by atoms with Gasteiger partial charge >= 0.3 is 0 Å². The number of carbonyl (C=O) groups excluding carboxylic acids is 1. The van der Waals surface area contributed by atoms with Gasteiger partial charge in [-0.15, -0.1) is 0 Å². The van der Waals surface area contributed by atoms with Crippen LogP contribution >= 0.6 is 0 Å². The number of methoxy groups -OCH3 is 1. The van der Waals surface area contributed by atoms with E-state index in [9.17, 15) is 30.7 Å². The summed E-state index contributed by atoms with van der Waals surface area (Å²) in [4.78, 5) is 11.6. The van der Waals surface area contributed by atoms with Crippen molar-refractivity contribution < 1.29 is 35.5 Å². The molecule has 0 radical (unpaired) electrons. The number of ketones is 1. The predicted molar refractivity (Wildman–Crippen MR) is 108 cm³/mol. The Balaban J connectivity index is 2.04. The first-order valence-electron chi connectivity index (χ1n) is 8.26. The number of rotatable bonds is 5. The third-order valence-corrected chi connectivity index (χ3v) is 6.13. The third-order valence-electron chi connectivity index (χ3n) is 4.29. The lowest BCUT2D eigenvalue weighted by Crippen LogP contribution is -2.19. The Morgan fingerprint density at radius 3 is 2.30 bits per heavy atom. The number of benzene rings is 2. The molecule has 1 aliphatic rings. The summed E-state index contributed by atoms with van der Waals surface area (Å²) in [7, 11) is -7.58. The predicted octanol–water partition coefficient (Wildman–Crippen LogP) is 1.91. The van der Waals surface area contributed by atoms with Crippen LogP contribution in [-0.2, 0) is 25.0 Å². The van der Waals surface area contributed by atoms with Gasteiger partial charge in [-0.2, -0.15) is 21.9 Å². The zero-order chi connectivity index (χ0) is 22.3. The van der Waals surface area contributed by atoms with Crippen LogP contribution in [0.4, 0.5) is 5.69 Å². The van der Waals surface area contributed by atoms with Crippen molar-refractivity contribution in [1.29, 1.82) is 0 Å². The first-order chi connectivity index (χ1) is 13.9. The molecule has 10 nitrogen and oxygen atoms in total. The molecule has 0 saturated carbocycles. The van der Waals surface area contributed by atoms with E-state index in [0.717, 1.165) is 12.1 Å². The van der Waals surface area contributed by atoms with Crippen LogP contribution in [0.25, 0.3) is 6.08 Å². The van der Waals surface area contributed by atoms with Crippen LogP contribution in [-0.4, -0.2) is 44.5 Å². The SMILES string of the molecule is COc1cc(S(=O)(=O)O)c(C)cc1N/N=C1\C(=O)C=Cc2cc(S(=O)(=O)O)ccc21. The summed E-state index contributed by atoms with van der Waals surface area (Å²) in [6.45, 7) is 1.46.